The van der Waals surface area contributed by atoms with Gasteiger partial charge in [0.25, 0.3) is 10.1 Å². The van der Waals surface area contributed by atoms with Crippen molar-refractivity contribution in [3.63, 3.8) is 0 Å². The molecule has 0 bridgehead atoms. The van der Waals surface area contributed by atoms with Crippen LogP contribution >= 0.6 is 23.3 Å². The molecule has 0 saturated heterocycles. The summed E-state index contributed by atoms with van der Waals surface area (Å²) in [5, 5.41) is 4.05. The van der Waals surface area contributed by atoms with Crippen LogP contribution in [0, 0.1) is 10.8 Å². The molecule has 0 fully saturated rings. The van der Waals surface area contributed by atoms with E-state index in [1.54, 1.807) is 18.2 Å². The second kappa shape index (κ2) is 27.4. The molecule has 0 aliphatic heterocycles. The van der Waals surface area contributed by atoms with Crippen LogP contribution in [0.25, 0.3) is 0 Å². The average molecular weight is 662 g/mol. The fraction of sp³-hybridized carbons (Fsp3) is 0.758. The number of unbranched alkanes of at least 4 members (excludes halogenated alkanes) is 15. The summed E-state index contributed by atoms with van der Waals surface area (Å²) in [6, 6.07) is 7.42. The molecule has 1 aromatic rings. The molecule has 40 heavy (non-hydrogen) atoms. The van der Waals surface area contributed by atoms with Gasteiger partial charge in [0.15, 0.2) is 0 Å². The number of halogens is 1. The minimum absolute atomic E-state index is 0.0741. The Balaban J connectivity index is 0.00000126. The first-order chi connectivity index (χ1) is 19.3. The van der Waals surface area contributed by atoms with Crippen molar-refractivity contribution >= 4 is 33.5 Å². The lowest BCUT2D eigenvalue weighted by molar-refractivity contribution is 0.483. The molecule has 0 atom stereocenters. The highest BCUT2D eigenvalue weighted by Crippen LogP contribution is 2.57. The topological polar surface area (TPSA) is 66.4 Å². The lowest BCUT2D eigenvalue weighted by Gasteiger charge is -2.28. The Morgan fingerprint density at radius 2 is 1.05 bits per heavy atom. The Hall–Kier alpha value is -0.440. The Morgan fingerprint density at radius 3 is 1.38 bits per heavy atom. The molecule has 0 unspecified atom stereocenters. The zero-order chi connectivity index (χ0) is 29.8. The predicted molar refractivity (Wildman–Crippen MR) is 183 cm³/mol. The van der Waals surface area contributed by atoms with Crippen LogP contribution in [-0.2, 0) is 10.1 Å². The fourth-order valence-corrected chi connectivity index (χ4v) is 9.68. The van der Waals surface area contributed by atoms with Crippen molar-refractivity contribution < 1.29 is 13.0 Å². The monoisotopic (exact) mass is 660 g/mol. The molecule has 0 saturated carbocycles. The lowest BCUT2D eigenvalue weighted by atomic mass is 10.1. The molecular formula is C33H60BrNO3PS+. The molecule has 0 radical (unpaired) electrons. The molecule has 2 N–H and O–H groups in total. The van der Waals surface area contributed by atoms with Crippen LogP contribution in [-0.4, -0.2) is 38.0 Å². The van der Waals surface area contributed by atoms with Crippen LogP contribution in [0.2, 0.25) is 0 Å². The maximum atomic E-state index is 10.4. The van der Waals surface area contributed by atoms with Crippen LogP contribution in [0.15, 0.2) is 35.2 Å². The van der Waals surface area contributed by atoms with Crippen LogP contribution in [0.1, 0.15) is 136 Å². The van der Waals surface area contributed by atoms with Gasteiger partial charge in [-0.1, -0.05) is 122 Å². The Kier molecular flexibility index (Phi) is 27.1. The molecule has 0 aliphatic carbocycles. The Morgan fingerprint density at radius 1 is 0.675 bits per heavy atom. The van der Waals surface area contributed by atoms with E-state index in [2.05, 4.69) is 52.5 Å². The van der Waals surface area contributed by atoms with E-state index in [1.807, 2.05) is 0 Å². The molecule has 1 rings (SSSR count). The maximum absolute atomic E-state index is 10.4. The average Bonchev–Trinajstić information content (AvgIpc) is 2.95. The third-order valence-corrected chi connectivity index (χ3v) is 12.9. The van der Waals surface area contributed by atoms with Gasteiger partial charge in [-0.25, -0.2) is 0 Å². The molecule has 232 valence electrons. The molecule has 0 heterocycles. The van der Waals surface area contributed by atoms with Gasteiger partial charge in [0, 0.05) is 15.9 Å². The molecular weight excluding hydrogens is 601 g/mol. The Labute approximate surface area is 257 Å². The summed E-state index contributed by atoms with van der Waals surface area (Å²) in [5.74, 6) is 3.24. The largest absolute Gasteiger partial charge is 0.294 e. The highest BCUT2D eigenvalue weighted by Gasteiger charge is 2.35. The van der Waals surface area contributed by atoms with Crippen molar-refractivity contribution in [1.82, 2.24) is 5.09 Å². The second-order valence-corrected chi connectivity index (χ2v) is 16.8. The van der Waals surface area contributed by atoms with E-state index in [9.17, 15) is 8.42 Å². The van der Waals surface area contributed by atoms with E-state index in [4.69, 9.17) is 4.55 Å². The standard InChI is InChI=1S/C27H54BrNP.C6H6O3S/c1-4-7-10-13-16-19-25-30(29-24-22-23-28,26-20-17-14-11-8-5-2)27-21-18-15-12-9-6-3;7-10(8,9)6-4-2-1-3-5-6/h29H,4-21,24-27H2,1-3H3;1-5H,(H,7,8,9)/q+1;. The number of benzene rings is 1. The first-order valence-electron chi connectivity index (χ1n) is 16.1. The highest BCUT2D eigenvalue weighted by atomic mass is 79.9. The van der Waals surface area contributed by atoms with Crippen LogP contribution in [0.5, 0.6) is 0 Å². The van der Waals surface area contributed by atoms with Gasteiger partial charge >= 0.3 is 0 Å². The zero-order valence-corrected chi connectivity index (χ0v) is 29.2. The number of rotatable bonds is 24. The van der Waals surface area contributed by atoms with Gasteiger partial charge in [-0.2, -0.15) is 13.5 Å². The summed E-state index contributed by atoms with van der Waals surface area (Å²) >= 11 is 3.29. The minimum Gasteiger partial charge on any atom is -0.282 e. The van der Waals surface area contributed by atoms with E-state index in [1.165, 1.54) is 146 Å². The first kappa shape index (κ1) is 39.6. The van der Waals surface area contributed by atoms with Crippen molar-refractivity contribution in [3.05, 3.63) is 30.3 Å². The molecule has 7 heteroatoms. The van der Waals surface area contributed by atoms with Crippen molar-refractivity contribution in [1.29, 1.82) is 0 Å². The van der Waals surface area contributed by atoms with Crippen LogP contribution < -0.4 is 5.09 Å². The van der Waals surface area contributed by atoms with E-state index in [0.717, 1.165) is 6.54 Å². The summed E-state index contributed by atoms with van der Waals surface area (Å²) in [5.41, 5.74) is 0. The normalized spacial score (nSPS) is 11.4. The highest BCUT2D eigenvalue weighted by molar-refractivity contribution is 9.12. The second-order valence-electron chi connectivity index (χ2n) is 11.0. The van der Waals surface area contributed by atoms with Crippen LogP contribution in [0.4, 0.5) is 0 Å². The van der Waals surface area contributed by atoms with Gasteiger partial charge in [0.05, 0.1) is 37.3 Å². The van der Waals surface area contributed by atoms with Gasteiger partial charge in [-0.15, -0.1) is 0 Å². The third kappa shape index (κ3) is 23.2. The van der Waals surface area contributed by atoms with Gasteiger partial charge in [-0.3, -0.25) is 4.55 Å². The summed E-state index contributed by atoms with van der Waals surface area (Å²) in [7, 11) is -5.07. The fourth-order valence-electron chi connectivity index (χ4n) is 4.99. The number of hydrogen-bond acceptors (Lipinski definition) is 3. The zero-order valence-electron chi connectivity index (χ0n) is 25.9. The number of hydrogen-bond donors (Lipinski definition) is 2. The Bertz CT molecular complexity index is 815. The number of nitrogens with one attached hydrogen (secondary N) is 1. The predicted octanol–water partition coefficient (Wildman–Crippen LogP) is 10.9. The van der Waals surface area contributed by atoms with Crippen molar-refractivity contribution in [3.8, 4) is 10.8 Å². The van der Waals surface area contributed by atoms with E-state index in [-0.39, 0.29) is 4.90 Å². The van der Waals surface area contributed by atoms with Gasteiger partial charge in [0.1, 0.15) is 0 Å². The van der Waals surface area contributed by atoms with Crippen LogP contribution in [0.3, 0.4) is 0 Å². The summed E-state index contributed by atoms with van der Waals surface area (Å²) in [6.07, 6.45) is 29.8. The molecule has 0 amide bonds. The minimum atomic E-state index is -4.00. The summed E-state index contributed by atoms with van der Waals surface area (Å²) < 4.78 is 29.2. The first-order valence-corrected chi connectivity index (χ1v) is 20.6. The summed E-state index contributed by atoms with van der Waals surface area (Å²) in [6.45, 7) is 7.81. The third-order valence-electron chi connectivity index (χ3n) is 7.43. The molecule has 0 spiro atoms. The van der Waals surface area contributed by atoms with Crippen molar-refractivity contribution in [2.45, 2.75) is 141 Å². The van der Waals surface area contributed by atoms with E-state index < -0.39 is 17.5 Å². The van der Waals surface area contributed by atoms with Gasteiger partial charge in [0.2, 0.25) is 0 Å². The van der Waals surface area contributed by atoms with Crippen molar-refractivity contribution in [2.24, 2.45) is 0 Å². The molecule has 0 aromatic heterocycles. The molecule has 4 nitrogen and oxygen atoms in total. The summed E-state index contributed by atoms with van der Waals surface area (Å²) in [4.78, 5) is 2.86. The quantitative estimate of drug-likeness (QED) is 0.0501. The smallest absolute Gasteiger partial charge is 0.282 e. The van der Waals surface area contributed by atoms with Gasteiger partial charge in [-0.05, 0) is 55.5 Å². The van der Waals surface area contributed by atoms with Gasteiger partial charge < -0.3 is 0 Å². The molecule has 1 aromatic carbocycles. The maximum Gasteiger partial charge on any atom is 0.294 e. The van der Waals surface area contributed by atoms with E-state index in [0.29, 0.717) is 0 Å². The van der Waals surface area contributed by atoms with E-state index >= 15 is 0 Å². The molecule has 0 aliphatic rings. The SMILES string of the molecule is CCCCCCCC[P+](CCCCCCCC)(CCCCCCCC)NCC#CBr.O=S(=O)(O)c1ccccc1. The lowest BCUT2D eigenvalue weighted by Crippen LogP contribution is -2.25. The van der Waals surface area contributed by atoms with Crippen molar-refractivity contribution in [2.75, 3.05) is 25.0 Å².